The van der Waals surface area contributed by atoms with E-state index < -0.39 is 12.6 Å². The van der Waals surface area contributed by atoms with Gasteiger partial charge < -0.3 is 14.6 Å². The van der Waals surface area contributed by atoms with Gasteiger partial charge in [-0.3, -0.25) is 0 Å². The topological polar surface area (TPSA) is 86.0 Å². The summed E-state index contributed by atoms with van der Waals surface area (Å²) >= 11 is 0. The van der Waals surface area contributed by atoms with Crippen molar-refractivity contribution in [3.8, 4) is 11.9 Å². The van der Waals surface area contributed by atoms with Crippen LogP contribution in [0.3, 0.4) is 0 Å². The first-order chi connectivity index (χ1) is 6.24. The van der Waals surface area contributed by atoms with Gasteiger partial charge in [0.15, 0.2) is 0 Å². The number of carbonyl (C=O) groups is 1. The van der Waals surface area contributed by atoms with Gasteiger partial charge in [0.1, 0.15) is 18.2 Å². The maximum atomic E-state index is 10.0. The SMILES string of the molecule is N#Cc1cccnc1OCC(=O)[O-].[Na+]. The van der Waals surface area contributed by atoms with Crippen LogP contribution >= 0.6 is 0 Å². The molecule has 0 aliphatic heterocycles. The van der Waals surface area contributed by atoms with Crippen molar-refractivity contribution in [1.82, 2.24) is 4.98 Å². The molecule has 5 nitrogen and oxygen atoms in total. The summed E-state index contributed by atoms with van der Waals surface area (Å²) in [5.74, 6) is -1.34. The van der Waals surface area contributed by atoms with Crippen LogP contribution in [0.1, 0.15) is 5.56 Å². The van der Waals surface area contributed by atoms with Crippen molar-refractivity contribution in [3.05, 3.63) is 23.9 Å². The molecule has 0 aliphatic rings. The van der Waals surface area contributed by atoms with E-state index in [1.807, 2.05) is 6.07 Å². The fourth-order valence-electron chi connectivity index (χ4n) is 0.718. The smallest absolute Gasteiger partial charge is 0.546 e. The fraction of sp³-hybridized carbons (Fsp3) is 0.125. The average Bonchev–Trinajstić information content (AvgIpc) is 2.15. The van der Waals surface area contributed by atoms with E-state index in [1.54, 1.807) is 6.07 Å². The first kappa shape index (κ1) is 12.9. The van der Waals surface area contributed by atoms with Gasteiger partial charge in [-0.25, -0.2) is 4.98 Å². The zero-order valence-electron chi connectivity index (χ0n) is 7.56. The standard InChI is InChI=1S/C8H6N2O3.Na/c9-4-6-2-1-3-10-8(6)13-5-7(11)12;/h1-3H,5H2,(H,11,12);/q;+1/p-1. The van der Waals surface area contributed by atoms with Gasteiger partial charge in [-0.15, -0.1) is 0 Å². The zero-order valence-corrected chi connectivity index (χ0v) is 9.56. The van der Waals surface area contributed by atoms with Crippen molar-refractivity contribution >= 4 is 5.97 Å². The molecule has 0 fully saturated rings. The quantitative estimate of drug-likeness (QED) is 0.465. The number of aliphatic carboxylic acids is 1. The van der Waals surface area contributed by atoms with Crippen molar-refractivity contribution in [2.45, 2.75) is 0 Å². The number of rotatable bonds is 3. The second kappa shape index (κ2) is 6.38. The summed E-state index contributed by atoms with van der Waals surface area (Å²) in [5, 5.41) is 18.6. The molecule has 1 heterocycles. The maximum Gasteiger partial charge on any atom is 1.00 e. The van der Waals surface area contributed by atoms with Crippen LogP contribution < -0.4 is 39.4 Å². The Morgan fingerprint density at radius 3 is 3.00 bits per heavy atom. The van der Waals surface area contributed by atoms with E-state index in [-0.39, 0.29) is 41.0 Å². The normalized spacial score (nSPS) is 8.21. The second-order valence-corrected chi connectivity index (χ2v) is 2.13. The van der Waals surface area contributed by atoms with E-state index in [0.29, 0.717) is 0 Å². The van der Waals surface area contributed by atoms with E-state index in [2.05, 4.69) is 4.98 Å². The summed E-state index contributed by atoms with van der Waals surface area (Å²) in [6, 6.07) is 4.86. The van der Waals surface area contributed by atoms with Gasteiger partial charge in [-0.1, -0.05) is 0 Å². The molecular formula is C8H5N2NaO3. The molecule has 0 bridgehead atoms. The Hall–Kier alpha value is -1.09. The van der Waals surface area contributed by atoms with Crippen molar-refractivity contribution in [1.29, 1.82) is 5.26 Å². The summed E-state index contributed by atoms with van der Waals surface area (Å²) < 4.78 is 4.69. The van der Waals surface area contributed by atoms with E-state index >= 15 is 0 Å². The predicted octanol–water partition coefficient (Wildman–Crippen LogP) is -3.91. The van der Waals surface area contributed by atoms with E-state index in [1.165, 1.54) is 12.3 Å². The molecule has 0 spiro atoms. The maximum absolute atomic E-state index is 10.0. The Labute approximate surface area is 103 Å². The Morgan fingerprint density at radius 2 is 2.43 bits per heavy atom. The molecule has 1 aromatic heterocycles. The van der Waals surface area contributed by atoms with Gasteiger partial charge in [0.2, 0.25) is 5.88 Å². The molecule has 0 amide bonds. The molecule has 0 saturated carbocycles. The first-order valence-corrected chi connectivity index (χ1v) is 3.42. The monoisotopic (exact) mass is 200 g/mol. The molecule has 0 aromatic carbocycles. The number of hydrogen-bond acceptors (Lipinski definition) is 5. The molecule has 0 N–H and O–H groups in total. The Bertz CT molecular complexity index is 362. The number of hydrogen-bond donors (Lipinski definition) is 0. The third kappa shape index (κ3) is 3.75. The van der Waals surface area contributed by atoms with Crippen LogP contribution in [-0.2, 0) is 4.79 Å². The summed E-state index contributed by atoms with van der Waals surface area (Å²) in [6.45, 7) is -0.605. The number of aromatic nitrogens is 1. The zero-order chi connectivity index (χ0) is 9.68. The third-order valence-corrected chi connectivity index (χ3v) is 1.22. The van der Waals surface area contributed by atoms with E-state index in [9.17, 15) is 9.90 Å². The van der Waals surface area contributed by atoms with Crippen LogP contribution in [0.5, 0.6) is 5.88 Å². The van der Waals surface area contributed by atoms with Crippen LogP contribution in [0.4, 0.5) is 0 Å². The molecule has 0 saturated heterocycles. The van der Waals surface area contributed by atoms with Gasteiger partial charge in [0, 0.05) is 6.20 Å². The molecule has 0 radical (unpaired) electrons. The minimum absolute atomic E-state index is 0. The van der Waals surface area contributed by atoms with E-state index in [4.69, 9.17) is 10.00 Å². The molecule has 0 aliphatic carbocycles. The minimum Gasteiger partial charge on any atom is -0.546 e. The van der Waals surface area contributed by atoms with Crippen LogP contribution in [0.25, 0.3) is 0 Å². The Morgan fingerprint density at radius 1 is 1.71 bits per heavy atom. The fourth-order valence-corrected chi connectivity index (χ4v) is 0.718. The second-order valence-electron chi connectivity index (χ2n) is 2.13. The number of carboxylic acid groups (broad SMARTS) is 1. The Kier molecular flexibility index (Phi) is 5.88. The minimum atomic E-state index is -1.35. The molecular weight excluding hydrogens is 195 g/mol. The number of carboxylic acids is 1. The number of nitrogens with zero attached hydrogens (tertiary/aromatic N) is 2. The first-order valence-electron chi connectivity index (χ1n) is 3.42. The summed E-state index contributed by atoms with van der Waals surface area (Å²) in [5.41, 5.74) is 0.198. The molecule has 1 rings (SSSR count). The average molecular weight is 200 g/mol. The molecule has 0 atom stereocenters. The molecule has 0 unspecified atom stereocenters. The summed E-state index contributed by atoms with van der Waals surface area (Å²) in [7, 11) is 0. The van der Waals surface area contributed by atoms with Gasteiger partial charge in [-0.05, 0) is 12.1 Å². The predicted molar refractivity (Wildman–Crippen MR) is 39.5 cm³/mol. The van der Waals surface area contributed by atoms with Gasteiger partial charge in [-0.2, -0.15) is 5.26 Å². The third-order valence-electron chi connectivity index (χ3n) is 1.22. The Balaban J connectivity index is 0.00000169. The van der Waals surface area contributed by atoms with E-state index in [0.717, 1.165) is 0 Å². The number of carbonyl (C=O) groups excluding carboxylic acids is 1. The van der Waals surface area contributed by atoms with Crippen molar-refractivity contribution in [2.75, 3.05) is 6.61 Å². The van der Waals surface area contributed by atoms with Gasteiger partial charge in [0.05, 0.1) is 5.97 Å². The van der Waals surface area contributed by atoms with Gasteiger partial charge in [0.25, 0.3) is 0 Å². The van der Waals surface area contributed by atoms with Crippen LogP contribution in [0.15, 0.2) is 18.3 Å². The van der Waals surface area contributed by atoms with Crippen LogP contribution in [0, 0.1) is 11.3 Å². The number of ether oxygens (including phenoxy) is 1. The molecule has 14 heavy (non-hydrogen) atoms. The van der Waals surface area contributed by atoms with Crippen molar-refractivity contribution in [3.63, 3.8) is 0 Å². The van der Waals surface area contributed by atoms with Gasteiger partial charge >= 0.3 is 29.6 Å². The summed E-state index contributed by atoms with van der Waals surface area (Å²) in [4.78, 5) is 13.7. The number of pyridine rings is 1. The van der Waals surface area contributed by atoms with Crippen LogP contribution in [0.2, 0.25) is 0 Å². The molecule has 1 aromatic rings. The summed E-state index contributed by atoms with van der Waals surface area (Å²) in [6.07, 6.45) is 1.41. The van der Waals surface area contributed by atoms with Crippen LogP contribution in [-0.4, -0.2) is 17.6 Å². The van der Waals surface area contributed by atoms with Crippen molar-refractivity contribution in [2.24, 2.45) is 0 Å². The number of nitriles is 1. The largest absolute Gasteiger partial charge is 1.00 e. The molecule has 66 valence electrons. The molecule has 6 heteroatoms. The van der Waals surface area contributed by atoms with Crippen molar-refractivity contribution < 1.29 is 44.2 Å².